The van der Waals surface area contributed by atoms with Gasteiger partial charge in [0.25, 0.3) is 6.71 Å². The second-order valence-corrected chi connectivity index (χ2v) is 18.0. The normalized spacial score (nSPS) is 13.4. The summed E-state index contributed by atoms with van der Waals surface area (Å²) < 4.78 is 14.6. The summed E-state index contributed by atoms with van der Waals surface area (Å²) in [5, 5.41) is 2.42. The van der Waals surface area contributed by atoms with Gasteiger partial charge in [-0.15, -0.1) is 0 Å². The van der Waals surface area contributed by atoms with Gasteiger partial charge in [-0.2, -0.15) is 0 Å². The van der Waals surface area contributed by atoms with Crippen molar-refractivity contribution >= 4 is 50.9 Å². The van der Waals surface area contributed by atoms with Crippen LogP contribution in [0, 0.1) is 0 Å². The molecule has 0 saturated carbocycles. The van der Waals surface area contributed by atoms with Gasteiger partial charge in [-0.1, -0.05) is 184 Å². The molecule has 0 aromatic heterocycles. The van der Waals surface area contributed by atoms with E-state index in [1.165, 1.54) is 38.6 Å². The number of benzene rings is 10. The molecule has 306 valence electrons. The zero-order valence-electron chi connectivity index (χ0n) is 36.1. The van der Waals surface area contributed by atoms with Crippen LogP contribution < -0.4 is 30.8 Å². The lowest BCUT2D eigenvalue weighted by atomic mass is 9.34. The molecule has 0 N–H and O–H groups in total. The van der Waals surface area contributed by atoms with Gasteiger partial charge < -0.3 is 14.4 Å². The number of nitrogens with zero attached hydrogens (tertiary/aromatic N) is 1. The molecule has 65 heavy (non-hydrogen) atoms. The Labute approximate surface area is 379 Å². The lowest BCUT2D eigenvalue weighted by molar-refractivity contribution is 0.466. The zero-order chi connectivity index (χ0) is 43.2. The van der Waals surface area contributed by atoms with Gasteiger partial charge in [0.05, 0.1) is 5.69 Å². The van der Waals surface area contributed by atoms with E-state index in [0.717, 1.165) is 84.3 Å². The number of ether oxygens (including phenoxy) is 2. The Balaban J connectivity index is 1.08. The Kier molecular flexibility index (Phi) is 8.35. The van der Waals surface area contributed by atoms with E-state index in [9.17, 15) is 0 Å². The highest BCUT2D eigenvalue weighted by Crippen LogP contribution is 2.56. The fraction of sp³-hybridized carbons (Fsp3) is 0.0492. The van der Waals surface area contributed by atoms with E-state index in [0.29, 0.717) is 0 Å². The highest BCUT2D eigenvalue weighted by atomic mass is 16.5. The summed E-state index contributed by atoms with van der Waals surface area (Å²) in [7, 11) is 0. The van der Waals surface area contributed by atoms with Gasteiger partial charge >= 0.3 is 0 Å². The Bertz CT molecular complexity index is 3460. The highest BCUT2D eigenvalue weighted by Gasteiger charge is 2.46. The van der Waals surface area contributed by atoms with E-state index in [1.54, 1.807) is 0 Å². The Hall–Kier alpha value is -8.08. The van der Waals surface area contributed by atoms with E-state index < -0.39 is 0 Å². The number of fused-ring (bicyclic) bond motifs is 9. The van der Waals surface area contributed by atoms with E-state index in [-0.39, 0.29) is 12.1 Å². The van der Waals surface area contributed by atoms with Gasteiger partial charge in [-0.05, 0) is 109 Å². The molecule has 0 fully saturated rings. The van der Waals surface area contributed by atoms with Crippen LogP contribution in [0.3, 0.4) is 0 Å². The third kappa shape index (κ3) is 5.77. The summed E-state index contributed by atoms with van der Waals surface area (Å²) in [6.07, 6.45) is 0. The molecule has 10 aromatic carbocycles. The van der Waals surface area contributed by atoms with Crippen LogP contribution in [0.5, 0.6) is 23.0 Å². The second-order valence-electron chi connectivity index (χ2n) is 18.0. The Morgan fingerprint density at radius 1 is 0.400 bits per heavy atom. The van der Waals surface area contributed by atoms with Gasteiger partial charge in [0.2, 0.25) is 0 Å². The summed E-state index contributed by atoms with van der Waals surface area (Å²) in [5.74, 6) is 3.44. The highest BCUT2D eigenvalue weighted by molar-refractivity contribution is 6.98. The lowest BCUT2D eigenvalue weighted by Crippen LogP contribution is -2.58. The van der Waals surface area contributed by atoms with Gasteiger partial charge in [0.15, 0.2) is 0 Å². The molecule has 0 saturated heterocycles. The monoisotopic (exact) mass is 831 g/mol. The van der Waals surface area contributed by atoms with Crippen molar-refractivity contribution in [3.8, 4) is 67.5 Å². The van der Waals surface area contributed by atoms with Crippen LogP contribution in [-0.4, -0.2) is 6.71 Å². The molecule has 2 heterocycles. The molecular weight excluding hydrogens is 789 g/mol. The predicted molar refractivity (Wildman–Crippen MR) is 270 cm³/mol. The first-order valence-electron chi connectivity index (χ1n) is 22.5. The zero-order valence-corrected chi connectivity index (χ0v) is 36.1. The average molecular weight is 832 g/mol. The second kappa shape index (κ2) is 14.5. The van der Waals surface area contributed by atoms with Gasteiger partial charge in [-0.25, -0.2) is 0 Å². The quantitative estimate of drug-likeness (QED) is 0.156. The van der Waals surface area contributed by atoms with Crippen LogP contribution in [0.15, 0.2) is 218 Å². The standard InChI is InChI=1S/C61H42BNO2/c1-61(2)50-37-53-56(36-49(50)57-46-31-19-18-30-45(46)54(38-51(57)61)63(43-26-14-6-15-27-43)44-28-16-7-17-29-44)65-60-48(41-24-12-5-13-25-41)35-47(40-22-10-4-11-23-40)59-58(60)62(53)52-34-42(32-33-55(52)64-59)39-20-8-3-9-21-39/h3-38H,1-2H3. The summed E-state index contributed by atoms with van der Waals surface area (Å²) in [4.78, 5) is 2.41. The van der Waals surface area contributed by atoms with Crippen molar-refractivity contribution in [1.82, 2.24) is 0 Å². The number of para-hydroxylation sites is 2. The van der Waals surface area contributed by atoms with E-state index in [2.05, 4.69) is 237 Å². The molecular formula is C61H42BNO2. The van der Waals surface area contributed by atoms with Crippen LogP contribution in [0.4, 0.5) is 17.1 Å². The molecule has 10 aromatic rings. The fourth-order valence-electron chi connectivity index (χ4n) is 10.9. The van der Waals surface area contributed by atoms with Crippen molar-refractivity contribution in [1.29, 1.82) is 0 Å². The molecule has 0 radical (unpaired) electrons. The molecule has 0 unspecified atom stereocenters. The van der Waals surface area contributed by atoms with Crippen LogP contribution in [-0.2, 0) is 5.41 Å². The summed E-state index contributed by atoms with van der Waals surface area (Å²) in [6, 6.07) is 78.6. The first kappa shape index (κ1) is 37.5. The molecule has 4 heteroatoms. The van der Waals surface area contributed by atoms with Crippen molar-refractivity contribution in [3.63, 3.8) is 0 Å². The van der Waals surface area contributed by atoms with Crippen molar-refractivity contribution in [2.75, 3.05) is 4.90 Å². The van der Waals surface area contributed by atoms with Crippen molar-refractivity contribution in [2.45, 2.75) is 19.3 Å². The number of rotatable bonds is 6. The average Bonchev–Trinajstić information content (AvgIpc) is 3.59. The largest absolute Gasteiger partial charge is 0.458 e. The van der Waals surface area contributed by atoms with Crippen LogP contribution in [0.2, 0.25) is 0 Å². The molecule has 3 nitrogen and oxygen atoms in total. The van der Waals surface area contributed by atoms with Crippen LogP contribution in [0.25, 0.3) is 55.3 Å². The molecule has 0 amide bonds. The number of hydrogen-bond acceptors (Lipinski definition) is 3. The van der Waals surface area contributed by atoms with Gasteiger partial charge in [-0.3, -0.25) is 0 Å². The molecule has 3 aliphatic rings. The minimum absolute atomic E-state index is 0.161. The minimum Gasteiger partial charge on any atom is -0.458 e. The molecule has 0 atom stereocenters. The van der Waals surface area contributed by atoms with E-state index >= 15 is 0 Å². The lowest BCUT2D eigenvalue weighted by Gasteiger charge is -2.36. The maximum atomic E-state index is 7.44. The van der Waals surface area contributed by atoms with Crippen molar-refractivity contribution < 1.29 is 9.47 Å². The number of anilines is 3. The van der Waals surface area contributed by atoms with Crippen molar-refractivity contribution in [2.24, 2.45) is 0 Å². The topological polar surface area (TPSA) is 21.7 Å². The summed E-state index contributed by atoms with van der Waals surface area (Å²) in [5.41, 5.74) is 18.1. The molecule has 13 rings (SSSR count). The first-order valence-corrected chi connectivity index (χ1v) is 22.5. The summed E-state index contributed by atoms with van der Waals surface area (Å²) in [6.45, 7) is 4.63. The Morgan fingerprint density at radius 3 is 1.51 bits per heavy atom. The maximum Gasteiger partial charge on any atom is 0.260 e. The fourth-order valence-corrected chi connectivity index (χ4v) is 10.9. The third-order valence-electron chi connectivity index (χ3n) is 13.9. The first-order chi connectivity index (χ1) is 32.0. The van der Waals surface area contributed by atoms with Gasteiger partial charge in [0, 0.05) is 38.8 Å². The van der Waals surface area contributed by atoms with E-state index in [4.69, 9.17) is 9.47 Å². The Morgan fingerprint density at radius 2 is 0.908 bits per heavy atom. The summed E-state index contributed by atoms with van der Waals surface area (Å²) >= 11 is 0. The van der Waals surface area contributed by atoms with Crippen molar-refractivity contribution in [3.05, 3.63) is 230 Å². The minimum atomic E-state index is -0.346. The SMILES string of the molecule is CC1(C)c2cc3c(cc2-c2c1cc(N(c1ccccc1)c1ccccc1)c1ccccc21)Oc1c(-c2ccccc2)cc(-c2ccccc2)c2c1B3c1cc(-c3ccccc3)ccc1O2. The molecule has 0 spiro atoms. The third-order valence-corrected chi connectivity index (χ3v) is 13.9. The molecule has 2 aliphatic heterocycles. The molecule has 0 bridgehead atoms. The smallest absolute Gasteiger partial charge is 0.260 e. The maximum absolute atomic E-state index is 7.44. The predicted octanol–water partition coefficient (Wildman–Crippen LogP) is 14.3. The van der Waals surface area contributed by atoms with Gasteiger partial charge in [0.1, 0.15) is 23.0 Å². The number of hydrogen-bond donors (Lipinski definition) is 0. The molecule has 1 aliphatic carbocycles. The van der Waals surface area contributed by atoms with E-state index in [1.807, 2.05) is 0 Å². The van der Waals surface area contributed by atoms with Crippen LogP contribution in [0.1, 0.15) is 25.0 Å². The van der Waals surface area contributed by atoms with Crippen LogP contribution >= 0.6 is 0 Å².